The van der Waals surface area contributed by atoms with Crippen molar-refractivity contribution in [2.24, 2.45) is 0 Å². The van der Waals surface area contributed by atoms with Crippen LogP contribution in [0.4, 0.5) is 0 Å². The van der Waals surface area contributed by atoms with Gasteiger partial charge in [0.05, 0.1) is 26.2 Å². The molecule has 0 atom stereocenters. The first-order valence-corrected chi connectivity index (χ1v) is 11.3. The topological polar surface area (TPSA) is 51.7 Å². The third kappa shape index (κ3) is 4.60. The molecular weight excluding hydrogens is 424 g/mol. The summed E-state index contributed by atoms with van der Waals surface area (Å²) in [6.45, 7) is 4.48. The lowest BCUT2D eigenvalue weighted by molar-refractivity contribution is -0.129. The molecule has 0 aliphatic carbocycles. The van der Waals surface area contributed by atoms with E-state index in [0.717, 1.165) is 44.4 Å². The van der Waals surface area contributed by atoms with E-state index >= 15 is 0 Å². The van der Waals surface area contributed by atoms with Gasteiger partial charge in [-0.3, -0.25) is 9.78 Å². The second-order valence-electron chi connectivity index (χ2n) is 8.49. The highest BCUT2D eigenvalue weighted by molar-refractivity contribution is 5.98. The van der Waals surface area contributed by atoms with Crippen molar-refractivity contribution in [3.05, 3.63) is 89.1 Å². The normalized spacial score (nSPS) is 10.9. The summed E-state index contributed by atoms with van der Waals surface area (Å²) in [7, 11) is 5.08. The van der Waals surface area contributed by atoms with Crippen molar-refractivity contribution in [2.45, 2.75) is 26.8 Å². The molecule has 1 amide bonds. The number of hydrogen-bond acceptors (Lipinski definition) is 4. The van der Waals surface area contributed by atoms with Crippen LogP contribution in [0.5, 0.6) is 11.5 Å². The molecule has 4 rings (SSSR count). The SMILES string of the molecule is COc1cc(C)c(CN(C)C(=O)Cc2c(C)nc3ccccc3c2-c2ccccc2)cc1OC. The summed E-state index contributed by atoms with van der Waals surface area (Å²) >= 11 is 0. The van der Waals surface area contributed by atoms with Gasteiger partial charge in [-0.2, -0.15) is 0 Å². The van der Waals surface area contributed by atoms with E-state index in [-0.39, 0.29) is 12.3 Å². The highest BCUT2D eigenvalue weighted by Crippen LogP contribution is 2.34. The lowest BCUT2D eigenvalue weighted by atomic mass is 9.92. The number of ether oxygens (including phenoxy) is 2. The Labute approximate surface area is 201 Å². The molecule has 0 fully saturated rings. The van der Waals surface area contributed by atoms with E-state index in [4.69, 9.17) is 14.5 Å². The Morgan fingerprint density at radius 1 is 0.912 bits per heavy atom. The van der Waals surface area contributed by atoms with Crippen LogP contribution in [-0.2, 0) is 17.8 Å². The molecule has 0 bridgehead atoms. The molecule has 0 saturated carbocycles. The minimum Gasteiger partial charge on any atom is -0.493 e. The van der Waals surface area contributed by atoms with Crippen LogP contribution in [0.3, 0.4) is 0 Å². The molecule has 4 aromatic rings. The van der Waals surface area contributed by atoms with Crippen LogP contribution in [0.2, 0.25) is 0 Å². The molecule has 174 valence electrons. The van der Waals surface area contributed by atoms with E-state index in [0.29, 0.717) is 18.0 Å². The number of carbonyl (C=O) groups excluding carboxylic acids is 1. The standard InChI is InChI=1S/C29H30N2O3/c1-19-15-26(33-4)27(34-5)16-22(19)18-31(3)28(32)17-24-20(2)30-25-14-10-9-13-23(25)29(24)21-11-7-6-8-12-21/h6-16H,17-18H2,1-5H3. The number of aromatic nitrogens is 1. The number of amides is 1. The van der Waals surface area contributed by atoms with Crippen molar-refractivity contribution >= 4 is 16.8 Å². The van der Waals surface area contributed by atoms with Gasteiger partial charge in [0.1, 0.15) is 0 Å². The molecule has 5 heteroatoms. The number of nitrogens with zero attached hydrogens (tertiary/aromatic N) is 2. The molecule has 0 unspecified atom stereocenters. The molecule has 5 nitrogen and oxygen atoms in total. The zero-order valence-electron chi connectivity index (χ0n) is 20.4. The van der Waals surface area contributed by atoms with Gasteiger partial charge in [-0.05, 0) is 59.9 Å². The number of pyridine rings is 1. The Kier molecular flexibility index (Phi) is 6.82. The Balaban J connectivity index is 1.68. The fraction of sp³-hybridized carbons (Fsp3) is 0.241. The van der Waals surface area contributed by atoms with E-state index < -0.39 is 0 Å². The zero-order chi connectivity index (χ0) is 24.2. The quantitative estimate of drug-likeness (QED) is 0.357. The van der Waals surface area contributed by atoms with Gasteiger partial charge >= 0.3 is 0 Å². The predicted molar refractivity (Wildman–Crippen MR) is 136 cm³/mol. The summed E-state index contributed by atoms with van der Waals surface area (Å²) in [6.07, 6.45) is 0.275. The Morgan fingerprint density at radius 2 is 1.56 bits per heavy atom. The van der Waals surface area contributed by atoms with Crippen LogP contribution in [0, 0.1) is 13.8 Å². The number of methoxy groups -OCH3 is 2. The lowest BCUT2D eigenvalue weighted by Crippen LogP contribution is -2.28. The van der Waals surface area contributed by atoms with E-state index in [9.17, 15) is 4.79 Å². The molecule has 0 spiro atoms. The maximum atomic E-state index is 13.4. The number of rotatable bonds is 7. The number of benzene rings is 3. The summed E-state index contributed by atoms with van der Waals surface area (Å²) in [5.41, 5.74) is 7.01. The summed E-state index contributed by atoms with van der Waals surface area (Å²) in [5, 5.41) is 1.06. The summed E-state index contributed by atoms with van der Waals surface area (Å²) in [5.74, 6) is 1.37. The fourth-order valence-corrected chi connectivity index (χ4v) is 4.35. The van der Waals surface area contributed by atoms with Crippen molar-refractivity contribution in [1.29, 1.82) is 0 Å². The van der Waals surface area contributed by atoms with Gasteiger partial charge in [-0.25, -0.2) is 0 Å². The second-order valence-corrected chi connectivity index (χ2v) is 8.49. The van der Waals surface area contributed by atoms with Crippen molar-refractivity contribution in [1.82, 2.24) is 9.88 Å². The van der Waals surface area contributed by atoms with E-state index in [2.05, 4.69) is 18.2 Å². The third-order valence-corrected chi connectivity index (χ3v) is 6.27. The summed E-state index contributed by atoms with van der Waals surface area (Å²) in [6, 6.07) is 22.2. The lowest BCUT2D eigenvalue weighted by Gasteiger charge is -2.22. The molecule has 1 aromatic heterocycles. The number of hydrogen-bond donors (Lipinski definition) is 0. The van der Waals surface area contributed by atoms with Crippen molar-refractivity contribution in [3.63, 3.8) is 0 Å². The average Bonchev–Trinajstić information content (AvgIpc) is 2.85. The van der Waals surface area contributed by atoms with Crippen molar-refractivity contribution in [3.8, 4) is 22.6 Å². The molecule has 3 aromatic carbocycles. The predicted octanol–water partition coefficient (Wildman–Crippen LogP) is 5.74. The van der Waals surface area contributed by atoms with Crippen LogP contribution < -0.4 is 9.47 Å². The van der Waals surface area contributed by atoms with E-state index in [1.165, 1.54) is 0 Å². The third-order valence-electron chi connectivity index (χ3n) is 6.27. The molecule has 0 aliphatic heterocycles. The highest BCUT2D eigenvalue weighted by atomic mass is 16.5. The Bertz CT molecular complexity index is 1330. The maximum Gasteiger partial charge on any atom is 0.227 e. The van der Waals surface area contributed by atoms with Gasteiger partial charge in [0.25, 0.3) is 0 Å². The first kappa shape index (κ1) is 23.3. The molecular formula is C29H30N2O3. The Morgan fingerprint density at radius 3 is 2.26 bits per heavy atom. The van der Waals surface area contributed by atoms with Crippen LogP contribution >= 0.6 is 0 Å². The van der Waals surface area contributed by atoms with Crippen molar-refractivity contribution < 1.29 is 14.3 Å². The molecule has 0 N–H and O–H groups in total. The second kappa shape index (κ2) is 9.96. The number of fused-ring (bicyclic) bond motifs is 1. The first-order valence-electron chi connectivity index (χ1n) is 11.3. The van der Waals surface area contributed by atoms with Gasteiger partial charge in [-0.1, -0.05) is 48.5 Å². The average molecular weight is 455 g/mol. The van der Waals surface area contributed by atoms with Gasteiger partial charge in [0, 0.05) is 24.7 Å². The highest BCUT2D eigenvalue weighted by Gasteiger charge is 2.20. The number of carbonyl (C=O) groups is 1. The molecule has 0 saturated heterocycles. The Hall–Kier alpha value is -3.86. The number of para-hydroxylation sites is 1. The molecule has 0 aliphatic rings. The van der Waals surface area contributed by atoms with E-state index in [1.807, 2.05) is 69.4 Å². The molecule has 34 heavy (non-hydrogen) atoms. The minimum absolute atomic E-state index is 0.0338. The largest absolute Gasteiger partial charge is 0.493 e. The smallest absolute Gasteiger partial charge is 0.227 e. The van der Waals surface area contributed by atoms with Gasteiger partial charge in [0.2, 0.25) is 5.91 Å². The van der Waals surface area contributed by atoms with Gasteiger partial charge in [-0.15, -0.1) is 0 Å². The van der Waals surface area contributed by atoms with E-state index in [1.54, 1.807) is 19.1 Å². The van der Waals surface area contributed by atoms with Crippen LogP contribution in [-0.4, -0.2) is 37.1 Å². The van der Waals surface area contributed by atoms with Crippen LogP contribution in [0.15, 0.2) is 66.7 Å². The number of aryl methyl sites for hydroxylation is 2. The fourth-order valence-electron chi connectivity index (χ4n) is 4.35. The van der Waals surface area contributed by atoms with Crippen LogP contribution in [0.25, 0.3) is 22.0 Å². The molecule has 0 radical (unpaired) electrons. The summed E-state index contributed by atoms with van der Waals surface area (Å²) in [4.78, 5) is 20.0. The van der Waals surface area contributed by atoms with Crippen molar-refractivity contribution in [2.75, 3.05) is 21.3 Å². The minimum atomic E-state index is 0.0338. The number of likely N-dealkylation sites (N-methyl/N-ethyl adjacent to an activating group) is 1. The zero-order valence-corrected chi connectivity index (χ0v) is 20.4. The molecule has 1 heterocycles. The van der Waals surface area contributed by atoms with Crippen LogP contribution in [0.1, 0.15) is 22.4 Å². The van der Waals surface area contributed by atoms with Gasteiger partial charge < -0.3 is 14.4 Å². The monoisotopic (exact) mass is 454 g/mol. The maximum absolute atomic E-state index is 13.4. The first-order chi connectivity index (χ1) is 16.4. The summed E-state index contributed by atoms with van der Waals surface area (Å²) < 4.78 is 10.8. The van der Waals surface area contributed by atoms with Gasteiger partial charge in [0.15, 0.2) is 11.5 Å².